The summed E-state index contributed by atoms with van der Waals surface area (Å²) in [4.78, 5) is 24.6. The number of nitrogens with zero attached hydrogens (tertiary/aromatic N) is 2. The molecule has 0 spiro atoms. The molecule has 1 N–H and O–H groups in total. The third-order valence-electron chi connectivity index (χ3n) is 2.87. The second-order valence-electron chi connectivity index (χ2n) is 4.15. The van der Waals surface area contributed by atoms with Crippen LogP contribution in [0.2, 0.25) is 0 Å². The fourth-order valence-corrected chi connectivity index (χ4v) is 1.65. The Morgan fingerprint density at radius 1 is 1.39 bits per heavy atom. The molecular formula is C13H17N3O2. The van der Waals surface area contributed by atoms with Crippen molar-refractivity contribution in [2.45, 2.75) is 26.7 Å². The number of amides is 2. The molecule has 0 aliphatic carbocycles. The van der Waals surface area contributed by atoms with Crippen molar-refractivity contribution in [3.63, 3.8) is 0 Å². The first-order valence-corrected chi connectivity index (χ1v) is 5.91. The van der Waals surface area contributed by atoms with Gasteiger partial charge in [-0.15, -0.1) is 0 Å². The van der Waals surface area contributed by atoms with Crippen molar-refractivity contribution in [3.8, 4) is 6.07 Å². The zero-order chi connectivity index (χ0) is 13.7. The van der Waals surface area contributed by atoms with Crippen molar-refractivity contribution in [2.75, 3.05) is 13.6 Å². The van der Waals surface area contributed by atoms with Crippen LogP contribution in [0, 0.1) is 11.3 Å². The molecule has 0 aromatic carbocycles. The largest absolute Gasteiger partial charge is 0.390 e. The van der Waals surface area contributed by atoms with Crippen molar-refractivity contribution < 1.29 is 9.59 Å². The van der Waals surface area contributed by atoms with Gasteiger partial charge in [0.2, 0.25) is 0 Å². The first-order valence-electron chi connectivity index (χ1n) is 5.91. The van der Waals surface area contributed by atoms with Crippen molar-refractivity contribution in [2.24, 2.45) is 0 Å². The van der Waals surface area contributed by atoms with Gasteiger partial charge in [0.15, 0.2) is 0 Å². The predicted molar refractivity (Wildman–Crippen MR) is 67.1 cm³/mol. The first-order chi connectivity index (χ1) is 8.54. The van der Waals surface area contributed by atoms with Crippen LogP contribution >= 0.6 is 0 Å². The fourth-order valence-electron chi connectivity index (χ4n) is 1.65. The molecule has 1 rings (SSSR count). The van der Waals surface area contributed by atoms with Gasteiger partial charge in [-0.25, -0.2) is 0 Å². The lowest BCUT2D eigenvalue weighted by Crippen LogP contribution is -2.40. The van der Waals surface area contributed by atoms with Crippen molar-refractivity contribution >= 4 is 11.8 Å². The number of hydrogen-bond acceptors (Lipinski definition) is 4. The minimum Gasteiger partial charge on any atom is -0.390 e. The minimum atomic E-state index is -0.536. The van der Waals surface area contributed by atoms with E-state index in [4.69, 9.17) is 5.26 Å². The summed E-state index contributed by atoms with van der Waals surface area (Å²) in [6.45, 7) is 4.46. The number of likely N-dealkylation sites (N-methyl/N-ethyl adjacent to an activating group) is 1. The van der Waals surface area contributed by atoms with Crippen LogP contribution in [0.15, 0.2) is 22.9 Å². The van der Waals surface area contributed by atoms with E-state index in [0.29, 0.717) is 11.1 Å². The topological polar surface area (TPSA) is 73.2 Å². The molecule has 96 valence electrons. The summed E-state index contributed by atoms with van der Waals surface area (Å²) in [6, 6.07) is 1.85. The number of imide groups is 1. The van der Waals surface area contributed by atoms with Gasteiger partial charge in [0, 0.05) is 19.8 Å². The van der Waals surface area contributed by atoms with E-state index in [9.17, 15) is 9.59 Å². The summed E-state index contributed by atoms with van der Waals surface area (Å²) < 4.78 is 0. The maximum Gasteiger partial charge on any atom is 0.271 e. The van der Waals surface area contributed by atoms with Crippen LogP contribution in [0.3, 0.4) is 0 Å². The highest BCUT2D eigenvalue weighted by atomic mass is 16.2. The molecule has 0 saturated heterocycles. The van der Waals surface area contributed by atoms with E-state index in [1.807, 2.05) is 6.07 Å². The molecule has 0 unspecified atom stereocenters. The van der Waals surface area contributed by atoms with E-state index in [1.165, 1.54) is 7.05 Å². The molecule has 0 aromatic rings. The van der Waals surface area contributed by atoms with Crippen LogP contribution < -0.4 is 5.32 Å². The van der Waals surface area contributed by atoms with Crippen LogP contribution in [-0.2, 0) is 9.59 Å². The third kappa shape index (κ3) is 2.59. The molecule has 0 atom stereocenters. The molecule has 0 saturated carbocycles. The average Bonchev–Trinajstić information content (AvgIpc) is 2.36. The van der Waals surface area contributed by atoms with Crippen LogP contribution in [0.1, 0.15) is 26.7 Å². The summed E-state index contributed by atoms with van der Waals surface area (Å²) in [5.74, 6) is -0.911. The van der Waals surface area contributed by atoms with Gasteiger partial charge >= 0.3 is 0 Å². The fraction of sp³-hybridized carbons (Fsp3) is 0.462. The molecular weight excluding hydrogens is 230 g/mol. The normalized spacial score (nSPS) is 18.3. The molecule has 0 aromatic heterocycles. The monoisotopic (exact) mass is 247 g/mol. The van der Waals surface area contributed by atoms with Crippen LogP contribution in [0.4, 0.5) is 0 Å². The Kier molecular flexibility index (Phi) is 4.67. The van der Waals surface area contributed by atoms with E-state index in [0.717, 1.165) is 24.3 Å². The van der Waals surface area contributed by atoms with Gasteiger partial charge in [-0.3, -0.25) is 14.5 Å². The lowest BCUT2D eigenvalue weighted by molar-refractivity contribution is -0.138. The summed E-state index contributed by atoms with van der Waals surface area (Å²) in [5.41, 5.74) is 0.847. The molecule has 18 heavy (non-hydrogen) atoms. The van der Waals surface area contributed by atoms with E-state index in [1.54, 1.807) is 13.1 Å². The average molecular weight is 247 g/mol. The number of rotatable bonds is 4. The summed E-state index contributed by atoms with van der Waals surface area (Å²) in [7, 11) is 1.38. The van der Waals surface area contributed by atoms with Gasteiger partial charge in [0.25, 0.3) is 11.8 Å². The first kappa shape index (κ1) is 14.0. The summed E-state index contributed by atoms with van der Waals surface area (Å²) in [5, 5.41) is 12.0. The molecule has 1 aliphatic heterocycles. The summed E-state index contributed by atoms with van der Waals surface area (Å²) >= 11 is 0. The SMILES string of the molecule is CCCCN/C=C1/C(=O)N(C)C(=O)C(C#N)=C1C. The molecule has 0 radical (unpaired) electrons. The van der Waals surface area contributed by atoms with Gasteiger partial charge in [0.1, 0.15) is 11.6 Å². The van der Waals surface area contributed by atoms with Crippen LogP contribution in [0.5, 0.6) is 0 Å². The van der Waals surface area contributed by atoms with Crippen molar-refractivity contribution in [3.05, 3.63) is 22.9 Å². The van der Waals surface area contributed by atoms with E-state index >= 15 is 0 Å². The van der Waals surface area contributed by atoms with Gasteiger partial charge in [0.05, 0.1) is 5.57 Å². The van der Waals surface area contributed by atoms with Crippen LogP contribution in [-0.4, -0.2) is 30.3 Å². The van der Waals surface area contributed by atoms with E-state index in [-0.39, 0.29) is 11.5 Å². The second kappa shape index (κ2) is 6.01. The molecule has 1 heterocycles. The molecule has 2 amide bonds. The molecule has 0 bridgehead atoms. The molecule has 5 nitrogen and oxygen atoms in total. The Balaban J connectivity index is 3.03. The lowest BCUT2D eigenvalue weighted by atomic mass is 9.96. The number of carbonyl (C=O) groups excluding carboxylic acids is 2. The number of nitriles is 1. The smallest absolute Gasteiger partial charge is 0.271 e. The van der Waals surface area contributed by atoms with Gasteiger partial charge in [-0.05, 0) is 18.9 Å². The lowest BCUT2D eigenvalue weighted by Gasteiger charge is -2.23. The Bertz CT molecular complexity index is 469. The van der Waals surface area contributed by atoms with Gasteiger partial charge < -0.3 is 5.32 Å². The zero-order valence-corrected chi connectivity index (χ0v) is 10.9. The highest BCUT2D eigenvalue weighted by Gasteiger charge is 2.32. The minimum absolute atomic E-state index is 0.0284. The number of unbranched alkanes of at least 4 members (excludes halogenated alkanes) is 1. The van der Waals surface area contributed by atoms with Gasteiger partial charge in [-0.1, -0.05) is 13.3 Å². The standard InChI is InChI=1S/C13H17N3O2/c1-4-5-6-15-8-11-9(2)10(7-14)12(17)16(3)13(11)18/h8,15H,4-6H2,1-3H3/b11-8+. The zero-order valence-electron chi connectivity index (χ0n) is 10.9. The molecule has 5 heteroatoms. The van der Waals surface area contributed by atoms with Crippen LogP contribution in [0.25, 0.3) is 0 Å². The van der Waals surface area contributed by atoms with Gasteiger partial charge in [-0.2, -0.15) is 5.26 Å². The second-order valence-corrected chi connectivity index (χ2v) is 4.15. The van der Waals surface area contributed by atoms with E-state index < -0.39 is 5.91 Å². The Morgan fingerprint density at radius 2 is 2.06 bits per heavy atom. The Morgan fingerprint density at radius 3 is 2.61 bits per heavy atom. The predicted octanol–water partition coefficient (Wildman–Crippen LogP) is 1.10. The molecule has 0 fully saturated rings. The van der Waals surface area contributed by atoms with Crippen molar-refractivity contribution in [1.29, 1.82) is 5.26 Å². The Labute approximate surface area is 107 Å². The third-order valence-corrected chi connectivity index (χ3v) is 2.87. The highest BCUT2D eigenvalue weighted by molar-refractivity contribution is 6.17. The summed E-state index contributed by atoms with van der Waals surface area (Å²) in [6.07, 6.45) is 3.65. The maximum absolute atomic E-state index is 11.9. The quantitative estimate of drug-likeness (QED) is 0.458. The number of carbonyl (C=O) groups is 2. The number of hydrogen-bond donors (Lipinski definition) is 1. The van der Waals surface area contributed by atoms with Crippen molar-refractivity contribution in [1.82, 2.24) is 10.2 Å². The highest BCUT2D eigenvalue weighted by Crippen LogP contribution is 2.23. The molecule has 1 aliphatic rings. The number of nitrogens with one attached hydrogen (secondary N) is 1. The Hall–Kier alpha value is -2.09. The van der Waals surface area contributed by atoms with E-state index in [2.05, 4.69) is 12.2 Å². The maximum atomic E-state index is 11.9.